The van der Waals surface area contributed by atoms with Gasteiger partial charge < -0.3 is 9.64 Å². The molecular formula is C12H14INO2. The van der Waals surface area contributed by atoms with E-state index in [9.17, 15) is 4.79 Å². The maximum absolute atomic E-state index is 12.1. The molecule has 16 heavy (non-hydrogen) atoms. The lowest BCUT2D eigenvalue weighted by molar-refractivity contribution is 0.0741. The average Bonchev–Trinajstić information content (AvgIpc) is 2.57. The van der Waals surface area contributed by atoms with Gasteiger partial charge in [0.1, 0.15) is 0 Å². The highest BCUT2D eigenvalue weighted by atomic mass is 127. The molecule has 1 aromatic carbocycles. The fourth-order valence-corrected chi connectivity index (χ4v) is 2.08. The maximum Gasteiger partial charge on any atom is 0.253 e. The van der Waals surface area contributed by atoms with Crippen molar-refractivity contribution in [1.82, 2.24) is 4.90 Å². The van der Waals surface area contributed by atoms with Crippen LogP contribution in [0.15, 0.2) is 24.3 Å². The van der Waals surface area contributed by atoms with E-state index in [1.54, 1.807) is 0 Å². The van der Waals surface area contributed by atoms with Crippen LogP contribution >= 0.6 is 22.6 Å². The standard InChI is InChI=1S/C12H14INO2/c13-11-4-2-10(3-5-11)12(15)14-6-1-8-16-9-7-14/h2-5H,1,6-9H2. The molecule has 0 unspecified atom stereocenters. The number of hydrogen-bond acceptors (Lipinski definition) is 2. The lowest BCUT2D eigenvalue weighted by Gasteiger charge is -2.19. The summed E-state index contributed by atoms with van der Waals surface area (Å²) in [4.78, 5) is 14.0. The third kappa shape index (κ3) is 2.95. The van der Waals surface area contributed by atoms with Gasteiger partial charge >= 0.3 is 0 Å². The minimum absolute atomic E-state index is 0.113. The number of halogens is 1. The van der Waals surface area contributed by atoms with Crippen molar-refractivity contribution in [1.29, 1.82) is 0 Å². The van der Waals surface area contributed by atoms with Crippen molar-refractivity contribution in [2.75, 3.05) is 26.3 Å². The Morgan fingerprint density at radius 3 is 2.69 bits per heavy atom. The molecule has 0 saturated carbocycles. The molecule has 0 aromatic heterocycles. The van der Waals surface area contributed by atoms with Gasteiger partial charge in [0.05, 0.1) is 6.61 Å². The van der Waals surface area contributed by atoms with Gasteiger partial charge in [0, 0.05) is 28.8 Å². The van der Waals surface area contributed by atoms with Crippen LogP contribution in [0.25, 0.3) is 0 Å². The Kier molecular flexibility index (Phi) is 4.17. The van der Waals surface area contributed by atoms with E-state index in [4.69, 9.17) is 4.74 Å². The van der Waals surface area contributed by atoms with Gasteiger partial charge in [-0.15, -0.1) is 0 Å². The summed E-state index contributed by atoms with van der Waals surface area (Å²) in [6, 6.07) is 7.69. The summed E-state index contributed by atoms with van der Waals surface area (Å²) in [6.45, 7) is 2.90. The highest BCUT2D eigenvalue weighted by molar-refractivity contribution is 14.1. The van der Waals surface area contributed by atoms with Crippen LogP contribution in [-0.2, 0) is 4.74 Å². The summed E-state index contributed by atoms with van der Waals surface area (Å²) in [7, 11) is 0. The number of carbonyl (C=O) groups excluding carboxylic acids is 1. The molecule has 0 atom stereocenters. The average molecular weight is 331 g/mol. The fourth-order valence-electron chi connectivity index (χ4n) is 1.72. The van der Waals surface area contributed by atoms with Crippen LogP contribution in [0.2, 0.25) is 0 Å². The summed E-state index contributed by atoms with van der Waals surface area (Å²) in [5, 5.41) is 0. The van der Waals surface area contributed by atoms with Crippen molar-refractivity contribution in [3.05, 3.63) is 33.4 Å². The highest BCUT2D eigenvalue weighted by Crippen LogP contribution is 2.10. The van der Waals surface area contributed by atoms with E-state index < -0.39 is 0 Å². The van der Waals surface area contributed by atoms with Crippen LogP contribution in [0, 0.1) is 3.57 Å². The molecule has 0 radical (unpaired) electrons. The molecule has 1 heterocycles. The van der Waals surface area contributed by atoms with E-state index in [0.717, 1.165) is 28.7 Å². The van der Waals surface area contributed by atoms with Gasteiger partial charge in [-0.25, -0.2) is 0 Å². The predicted octanol–water partition coefficient (Wildman–Crippen LogP) is 2.15. The Hall–Kier alpha value is -0.620. The van der Waals surface area contributed by atoms with E-state index in [1.165, 1.54) is 0 Å². The van der Waals surface area contributed by atoms with Crippen molar-refractivity contribution in [2.45, 2.75) is 6.42 Å². The normalized spacial score (nSPS) is 16.9. The van der Waals surface area contributed by atoms with Crippen LogP contribution in [0.5, 0.6) is 0 Å². The molecule has 1 aliphatic rings. The molecule has 1 aliphatic heterocycles. The van der Waals surface area contributed by atoms with Crippen molar-refractivity contribution < 1.29 is 9.53 Å². The molecule has 3 nitrogen and oxygen atoms in total. The number of carbonyl (C=O) groups is 1. The van der Waals surface area contributed by atoms with E-state index in [1.807, 2.05) is 29.2 Å². The van der Waals surface area contributed by atoms with Crippen LogP contribution in [0.4, 0.5) is 0 Å². The zero-order chi connectivity index (χ0) is 11.4. The molecule has 1 aromatic rings. The van der Waals surface area contributed by atoms with Gasteiger partial charge in [0.15, 0.2) is 0 Å². The zero-order valence-corrected chi connectivity index (χ0v) is 11.1. The molecule has 0 bridgehead atoms. The van der Waals surface area contributed by atoms with E-state index >= 15 is 0 Å². The Balaban J connectivity index is 2.08. The van der Waals surface area contributed by atoms with Crippen LogP contribution in [0.1, 0.15) is 16.8 Å². The number of amides is 1. The molecule has 1 fully saturated rings. The summed E-state index contributed by atoms with van der Waals surface area (Å²) in [5.74, 6) is 0.113. The van der Waals surface area contributed by atoms with Gasteiger partial charge in [-0.3, -0.25) is 4.79 Å². The number of ether oxygens (including phenoxy) is 1. The third-order valence-electron chi connectivity index (χ3n) is 2.60. The first-order chi connectivity index (χ1) is 7.77. The van der Waals surface area contributed by atoms with Gasteiger partial charge in [0.25, 0.3) is 5.91 Å². The number of nitrogens with zero attached hydrogens (tertiary/aromatic N) is 1. The molecule has 2 rings (SSSR count). The van der Waals surface area contributed by atoms with Gasteiger partial charge in [-0.1, -0.05) is 0 Å². The molecule has 1 amide bonds. The lowest BCUT2D eigenvalue weighted by Crippen LogP contribution is -2.33. The molecule has 4 heteroatoms. The smallest absolute Gasteiger partial charge is 0.253 e. The fraction of sp³-hybridized carbons (Fsp3) is 0.417. The first-order valence-electron chi connectivity index (χ1n) is 5.40. The molecule has 0 spiro atoms. The van der Waals surface area contributed by atoms with E-state index in [2.05, 4.69) is 22.6 Å². The quantitative estimate of drug-likeness (QED) is 0.738. The second kappa shape index (κ2) is 5.63. The van der Waals surface area contributed by atoms with Gasteiger partial charge in [-0.05, 0) is 53.3 Å². The Labute approximate surface area is 109 Å². The molecular weight excluding hydrogens is 317 g/mol. The number of rotatable bonds is 1. The van der Waals surface area contributed by atoms with Gasteiger partial charge in [0.2, 0.25) is 0 Å². The van der Waals surface area contributed by atoms with Crippen LogP contribution in [-0.4, -0.2) is 37.1 Å². The second-order valence-corrected chi connectivity index (χ2v) is 5.01. The highest BCUT2D eigenvalue weighted by Gasteiger charge is 2.16. The summed E-state index contributed by atoms with van der Waals surface area (Å²) >= 11 is 2.24. The van der Waals surface area contributed by atoms with Crippen molar-refractivity contribution in [3.63, 3.8) is 0 Å². The van der Waals surface area contributed by atoms with Crippen molar-refractivity contribution in [2.24, 2.45) is 0 Å². The minimum Gasteiger partial charge on any atom is -0.380 e. The van der Waals surface area contributed by atoms with Gasteiger partial charge in [-0.2, -0.15) is 0 Å². The number of hydrogen-bond donors (Lipinski definition) is 0. The first kappa shape index (κ1) is 11.9. The van der Waals surface area contributed by atoms with E-state index in [-0.39, 0.29) is 5.91 Å². The number of benzene rings is 1. The summed E-state index contributed by atoms with van der Waals surface area (Å²) < 4.78 is 6.48. The molecule has 86 valence electrons. The third-order valence-corrected chi connectivity index (χ3v) is 3.32. The Bertz CT molecular complexity index is 356. The monoisotopic (exact) mass is 331 g/mol. The molecule has 0 aliphatic carbocycles. The van der Waals surface area contributed by atoms with E-state index in [0.29, 0.717) is 13.2 Å². The summed E-state index contributed by atoms with van der Waals surface area (Å²) in [5.41, 5.74) is 0.766. The Morgan fingerprint density at radius 1 is 1.19 bits per heavy atom. The van der Waals surface area contributed by atoms with Crippen molar-refractivity contribution in [3.8, 4) is 0 Å². The Morgan fingerprint density at radius 2 is 1.94 bits per heavy atom. The maximum atomic E-state index is 12.1. The van der Waals surface area contributed by atoms with Crippen LogP contribution in [0.3, 0.4) is 0 Å². The molecule has 0 N–H and O–H groups in total. The lowest BCUT2D eigenvalue weighted by atomic mass is 10.2. The second-order valence-electron chi connectivity index (χ2n) is 3.77. The first-order valence-corrected chi connectivity index (χ1v) is 6.48. The minimum atomic E-state index is 0.113. The topological polar surface area (TPSA) is 29.5 Å². The van der Waals surface area contributed by atoms with Crippen molar-refractivity contribution >= 4 is 28.5 Å². The molecule has 1 saturated heterocycles. The largest absolute Gasteiger partial charge is 0.380 e. The SMILES string of the molecule is O=C(c1ccc(I)cc1)N1CCCOCC1. The summed E-state index contributed by atoms with van der Waals surface area (Å²) in [6.07, 6.45) is 0.927. The zero-order valence-electron chi connectivity index (χ0n) is 8.99. The predicted molar refractivity (Wildman–Crippen MR) is 70.5 cm³/mol. The van der Waals surface area contributed by atoms with Crippen LogP contribution < -0.4 is 0 Å².